The van der Waals surface area contributed by atoms with Gasteiger partial charge in [0.15, 0.2) is 5.76 Å². The molecule has 2 aliphatic rings. The number of halogens is 4. The minimum absolute atomic E-state index is 0. The molecular weight excluding hydrogens is 632 g/mol. The second kappa shape index (κ2) is 12.2. The summed E-state index contributed by atoms with van der Waals surface area (Å²) in [5.74, 6) is 0.0802. The van der Waals surface area contributed by atoms with E-state index in [4.69, 9.17) is 27.9 Å². The summed E-state index contributed by atoms with van der Waals surface area (Å²) in [6.07, 6.45) is 2.96. The van der Waals surface area contributed by atoms with Gasteiger partial charge in [0, 0.05) is 49.9 Å². The van der Waals surface area contributed by atoms with Gasteiger partial charge in [-0.3, -0.25) is 9.69 Å². The third kappa shape index (κ3) is 5.56. The number of fused-ring (bicyclic) bond motifs is 2. The number of nitrogens with zero attached hydrogens (tertiary/aromatic N) is 2. The van der Waals surface area contributed by atoms with Crippen LogP contribution in [0.3, 0.4) is 0 Å². The van der Waals surface area contributed by atoms with E-state index in [9.17, 15) is 18.3 Å². The van der Waals surface area contributed by atoms with Crippen molar-refractivity contribution in [2.24, 2.45) is 0 Å². The highest BCUT2D eigenvalue weighted by Gasteiger charge is 2.33. The molecule has 0 saturated carbocycles. The molecule has 1 aromatic heterocycles. The number of phenolic OH excluding ortho intramolecular Hbond substituents is 1. The molecule has 2 N–H and O–H groups in total. The number of piperazine rings is 1. The summed E-state index contributed by atoms with van der Waals surface area (Å²) in [5.41, 5.74) is 1.77. The zero-order valence-electron chi connectivity index (χ0n) is 21.3. The summed E-state index contributed by atoms with van der Waals surface area (Å²) in [6, 6.07) is 14.4. The quantitative estimate of drug-likeness (QED) is 0.264. The average molecular weight is 657 g/mol. The fourth-order valence-electron chi connectivity index (χ4n) is 4.96. The number of carbonyl (C=O) groups is 1. The topological polar surface area (TPSA) is 101 Å². The summed E-state index contributed by atoms with van der Waals surface area (Å²) in [7, 11) is -4.13. The van der Waals surface area contributed by atoms with E-state index >= 15 is 0 Å². The normalized spacial score (nSPS) is 16.2. The van der Waals surface area contributed by atoms with Gasteiger partial charge in [-0.2, -0.15) is 0 Å². The molecule has 3 heterocycles. The predicted octanol–water partition coefficient (Wildman–Crippen LogP) is 5.76. The van der Waals surface area contributed by atoms with E-state index in [0.717, 1.165) is 30.2 Å². The molecule has 41 heavy (non-hydrogen) atoms. The number of ketones is 1. The van der Waals surface area contributed by atoms with Crippen LogP contribution >= 0.6 is 48.0 Å². The van der Waals surface area contributed by atoms with Gasteiger partial charge in [0.2, 0.25) is 5.78 Å². The van der Waals surface area contributed by atoms with Crippen molar-refractivity contribution in [3.8, 4) is 11.5 Å². The molecule has 4 aromatic rings. The number of aromatic hydroxyl groups is 1. The number of para-hydroxylation sites is 1. The van der Waals surface area contributed by atoms with Gasteiger partial charge in [0.05, 0.1) is 26.7 Å². The maximum Gasteiger partial charge on any atom is 0.269 e. The molecule has 0 bridgehead atoms. The van der Waals surface area contributed by atoms with Gasteiger partial charge in [0.25, 0.3) is 10.0 Å². The lowest BCUT2D eigenvalue weighted by molar-refractivity contribution is 0.101. The monoisotopic (exact) mass is 655 g/mol. The number of nitrogens with one attached hydrogen (secondary N) is 1. The van der Waals surface area contributed by atoms with Gasteiger partial charge in [-0.05, 0) is 36.4 Å². The van der Waals surface area contributed by atoms with E-state index in [1.807, 2.05) is 0 Å². The van der Waals surface area contributed by atoms with E-state index in [-0.39, 0.29) is 57.0 Å². The Morgan fingerprint density at radius 1 is 1.00 bits per heavy atom. The first kappa shape index (κ1) is 31.2. The number of rotatable bonds is 5. The van der Waals surface area contributed by atoms with Crippen LogP contribution < -0.4 is 10.1 Å². The van der Waals surface area contributed by atoms with Crippen molar-refractivity contribution in [3.63, 3.8) is 0 Å². The lowest BCUT2D eigenvalue weighted by Crippen LogP contribution is -2.42. The fourth-order valence-corrected chi connectivity index (χ4v) is 7.08. The lowest BCUT2D eigenvalue weighted by atomic mass is 10.0. The number of hydrogen-bond acceptors (Lipinski definition) is 7. The maximum atomic E-state index is 13.6. The highest BCUT2D eigenvalue weighted by Crippen LogP contribution is 2.41. The number of phenols is 1. The van der Waals surface area contributed by atoms with E-state index in [0.29, 0.717) is 39.9 Å². The third-order valence-electron chi connectivity index (χ3n) is 6.96. The summed E-state index contributed by atoms with van der Waals surface area (Å²) in [6.45, 7) is 3.74. The summed E-state index contributed by atoms with van der Waals surface area (Å²) < 4.78 is 34.5. The zero-order chi connectivity index (χ0) is 27.3. The van der Waals surface area contributed by atoms with Gasteiger partial charge in [0.1, 0.15) is 16.4 Å². The third-order valence-corrected chi connectivity index (χ3v) is 9.60. The molecule has 1 fully saturated rings. The highest BCUT2D eigenvalue weighted by molar-refractivity contribution is 7.90. The van der Waals surface area contributed by atoms with Crippen LogP contribution in [0.2, 0.25) is 10.0 Å². The Morgan fingerprint density at radius 3 is 2.49 bits per heavy atom. The molecule has 6 rings (SSSR count). The first-order valence-electron chi connectivity index (χ1n) is 12.3. The molecule has 0 radical (unpaired) electrons. The number of allylic oxidation sites excluding steroid dienone is 1. The molecule has 3 aromatic carbocycles. The molecule has 0 amide bonds. The SMILES string of the molecule is Cl.Cl.O=C1/C(=C/c2cn(S(=O)(=O)c3cccc(Cl)c3Cl)c3ccccc23)Oc2c1ccc(O)c2CN1CCNCC1. The van der Waals surface area contributed by atoms with Gasteiger partial charge >= 0.3 is 0 Å². The second-order valence-corrected chi connectivity index (χ2v) is 11.9. The number of Topliss-reactive ketones (excluding diaryl/α,β-unsaturated/α-hetero) is 1. The number of carbonyl (C=O) groups excluding carboxylic acids is 1. The van der Waals surface area contributed by atoms with E-state index in [1.54, 1.807) is 30.3 Å². The van der Waals surface area contributed by atoms with Crippen molar-refractivity contribution in [2.45, 2.75) is 11.4 Å². The largest absolute Gasteiger partial charge is 0.507 e. The molecule has 8 nitrogen and oxygen atoms in total. The van der Waals surface area contributed by atoms with Crippen molar-refractivity contribution in [3.05, 3.63) is 93.3 Å². The Kier molecular flexibility index (Phi) is 9.30. The first-order valence-corrected chi connectivity index (χ1v) is 14.5. The zero-order valence-corrected chi connectivity index (χ0v) is 25.3. The highest BCUT2D eigenvalue weighted by atomic mass is 35.5. The first-order chi connectivity index (χ1) is 18.8. The summed E-state index contributed by atoms with van der Waals surface area (Å²) in [4.78, 5) is 15.4. The Hall–Kier alpha value is -2.76. The Morgan fingerprint density at radius 2 is 1.73 bits per heavy atom. The summed E-state index contributed by atoms with van der Waals surface area (Å²) >= 11 is 12.4. The smallest absolute Gasteiger partial charge is 0.269 e. The lowest BCUT2D eigenvalue weighted by Gasteiger charge is -2.27. The molecule has 0 atom stereocenters. The van der Waals surface area contributed by atoms with Crippen LogP contribution in [0.4, 0.5) is 0 Å². The number of hydrogen-bond donors (Lipinski definition) is 2. The molecule has 0 spiro atoms. The van der Waals surface area contributed by atoms with Gasteiger partial charge in [-0.25, -0.2) is 12.4 Å². The van der Waals surface area contributed by atoms with Crippen molar-refractivity contribution in [1.82, 2.24) is 14.2 Å². The standard InChI is InChI=1S/C28H23Cl2N3O5S.2ClH/c29-21-5-3-7-25(26(21)30)39(36,37)33-15-17(18-4-1-2-6-22(18)33)14-24-27(35)19-8-9-23(34)20(28(19)38-24)16-32-12-10-31-11-13-32;;/h1-9,14-15,31,34H,10-13,16H2;2*1H/b24-14-;;. The molecule has 0 unspecified atom stereocenters. The van der Waals surface area contributed by atoms with Gasteiger partial charge in [-0.1, -0.05) is 47.5 Å². The van der Waals surface area contributed by atoms with Crippen molar-refractivity contribution in [1.29, 1.82) is 0 Å². The van der Waals surface area contributed by atoms with Crippen molar-refractivity contribution >= 4 is 80.8 Å². The van der Waals surface area contributed by atoms with E-state index in [2.05, 4.69) is 10.2 Å². The Labute approximate surface area is 259 Å². The van der Waals surface area contributed by atoms with Crippen LogP contribution in [0.15, 0.2) is 71.4 Å². The van der Waals surface area contributed by atoms with E-state index in [1.165, 1.54) is 36.5 Å². The van der Waals surface area contributed by atoms with Crippen molar-refractivity contribution in [2.75, 3.05) is 26.2 Å². The van der Waals surface area contributed by atoms with Crippen molar-refractivity contribution < 1.29 is 23.1 Å². The van der Waals surface area contributed by atoms with Crippen LogP contribution in [0.1, 0.15) is 21.5 Å². The van der Waals surface area contributed by atoms with Crippen LogP contribution in [-0.2, 0) is 16.6 Å². The molecule has 1 saturated heterocycles. The maximum absolute atomic E-state index is 13.6. The van der Waals surface area contributed by atoms with Crippen LogP contribution in [0.5, 0.6) is 11.5 Å². The van der Waals surface area contributed by atoms with E-state index < -0.39 is 10.0 Å². The average Bonchev–Trinajstić information content (AvgIpc) is 3.46. The summed E-state index contributed by atoms with van der Waals surface area (Å²) in [5, 5.41) is 14.6. The fraction of sp³-hybridized carbons (Fsp3) is 0.179. The Bertz CT molecular complexity index is 1780. The van der Waals surface area contributed by atoms with Gasteiger partial charge < -0.3 is 15.2 Å². The number of aromatic nitrogens is 1. The minimum atomic E-state index is -4.13. The molecule has 2 aliphatic heterocycles. The molecule has 216 valence electrons. The molecule has 0 aliphatic carbocycles. The minimum Gasteiger partial charge on any atom is -0.507 e. The van der Waals surface area contributed by atoms with Gasteiger partial charge in [-0.15, -0.1) is 24.8 Å². The molecular formula is C28H25Cl4N3O5S. The van der Waals surface area contributed by atoms with Crippen LogP contribution in [0.25, 0.3) is 17.0 Å². The second-order valence-electron chi connectivity index (χ2n) is 9.36. The number of benzene rings is 3. The van der Waals surface area contributed by atoms with Crippen LogP contribution in [0, 0.1) is 0 Å². The predicted molar refractivity (Wildman–Crippen MR) is 165 cm³/mol. The Balaban J connectivity index is 0.00000194. The molecule has 13 heteroatoms. The number of ether oxygens (including phenoxy) is 1. The van der Waals surface area contributed by atoms with Crippen LogP contribution in [-0.4, -0.2) is 54.4 Å².